The molecule has 2 amide bonds. The molecular formula is C17H22N4O3. The molecule has 1 heterocycles. The largest absolute Gasteiger partial charge is 0.339 e. The maximum atomic E-state index is 12.2. The summed E-state index contributed by atoms with van der Waals surface area (Å²) < 4.78 is 5.14. The molecule has 7 heteroatoms. The van der Waals surface area contributed by atoms with E-state index in [2.05, 4.69) is 15.5 Å². The maximum absolute atomic E-state index is 12.2. The van der Waals surface area contributed by atoms with Crippen molar-refractivity contribution < 1.29 is 14.1 Å². The van der Waals surface area contributed by atoms with Gasteiger partial charge in [0.25, 0.3) is 0 Å². The van der Waals surface area contributed by atoms with E-state index in [1.54, 1.807) is 31.3 Å². The number of anilines is 1. The molecule has 0 aliphatic heterocycles. The van der Waals surface area contributed by atoms with Crippen molar-refractivity contribution in [2.45, 2.75) is 33.1 Å². The number of urea groups is 1. The summed E-state index contributed by atoms with van der Waals surface area (Å²) in [5.74, 6) is 1.31. The molecule has 0 radical (unpaired) electrons. The summed E-state index contributed by atoms with van der Waals surface area (Å²) in [5.41, 5.74) is 1.14. The number of aromatic nitrogens is 2. The smallest absolute Gasteiger partial charge is 0.321 e. The Morgan fingerprint density at radius 3 is 2.71 bits per heavy atom. The highest BCUT2D eigenvalue weighted by atomic mass is 16.5. The first kappa shape index (κ1) is 17.7. The van der Waals surface area contributed by atoms with Crippen LogP contribution in [0.5, 0.6) is 0 Å². The van der Waals surface area contributed by atoms with Crippen molar-refractivity contribution in [2.75, 3.05) is 18.9 Å². The minimum absolute atomic E-state index is 0.0440. The summed E-state index contributed by atoms with van der Waals surface area (Å²) in [6, 6.07) is 6.58. The summed E-state index contributed by atoms with van der Waals surface area (Å²) in [4.78, 5) is 29.4. The van der Waals surface area contributed by atoms with E-state index in [1.165, 1.54) is 11.8 Å². The Morgan fingerprint density at radius 1 is 1.33 bits per heavy atom. The minimum atomic E-state index is -0.261. The van der Waals surface area contributed by atoms with Crippen molar-refractivity contribution in [2.24, 2.45) is 0 Å². The van der Waals surface area contributed by atoms with E-state index >= 15 is 0 Å². The highest BCUT2D eigenvalue weighted by molar-refractivity contribution is 5.96. The molecule has 0 spiro atoms. The van der Waals surface area contributed by atoms with Gasteiger partial charge in [0.15, 0.2) is 11.6 Å². The fraction of sp³-hybridized carbons (Fsp3) is 0.412. The fourth-order valence-electron chi connectivity index (χ4n) is 2.01. The van der Waals surface area contributed by atoms with Gasteiger partial charge in [0.2, 0.25) is 5.89 Å². The Hall–Kier alpha value is -2.70. The molecule has 2 aromatic rings. The number of carbonyl (C=O) groups is 2. The molecule has 0 saturated heterocycles. The zero-order valence-electron chi connectivity index (χ0n) is 14.4. The van der Waals surface area contributed by atoms with Gasteiger partial charge in [-0.1, -0.05) is 31.1 Å². The summed E-state index contributed by atoms with van der Waals surface area (Å²) in [6.45, 7) is 5.90. The molecule has 0 bridgehead atoms. The van der Waals surface area contributed by atoms with Crippen LogP contribution in [0.15, 0.2) is 28.8 Å². The predicted octanol–water partition coefficient (Wildman–Crippen LogP) is 3.10. The van der Waals surface area contributed by atoms with Crippen LogP contribution >= 0.6 is 0 Å². The van der Waals surface area contributed by atoms with Crippen molar-refractivity contribution in [3.05, 3.63) is 41.5 Å². The van der Waals surface area contributed by atoms with E-state index in [0.717, 1.165) is 0 Å². The summed E-state index contributed by atoms with van der Waals surface area (Å²) in [6.07, 6.45) is 0.508. The number of Topliss-reactive ketones (excluding diaryl/α,β-unsaturated/α-hetero) is 1. The van der Waals surface area contributed by atoms with Crippen molar-refractivity contribution in [1.82, 2.24) is 15.0 Å². The average molecular weight is 330 g/mol. The molecule has 1 aromatic heterocycles. The quantitative estimate of drug-likeness (QED) is 0.822. The third-order valence-corrected chi connectivity index (χ3v) is 3.52. The first-order chi connectivity index (χ1) is 11.4. The molecule has 128 valence electrons. The number of hydrogen-bond donors (Lipinski definition) is 1. The average Bonchev–Trinajstić information content (AvgIpc) is 3.02. The highest BCUT2D eigenvalue weighted by Crippen LogP contribution is 2.13. The fourth-order valence-corrected chi connectivity index (χ4v) is 2.01. The van der Waals surface area contributed by atoms with E-state index in [9.17, 15) is 9.59 Å². The van der Waals surface area contributed by atoms with Crippen LogP contribution in [0.4, 0.5) is 10.5 Å². The van der Waals surface area contributed by atoms with Gasteiger partial charge in [0, 0.05) is 37.2 Å². The molecule has 0 aliphatic rings. The van der Waals surface area contributed by atoms with Crippen molar-refractivity contribution >= 4 is 17.5 Å². The summed E-state index contributed by atoms with van der Waals surface area (Å²) in [5, 5.41) is 6.67. The summed E-state index contributed by atoms with van der Waals surface area (Å²) in [7, 11) is 1.69. The van der Waals surface area contributed by atoms with E-state index in [1.807, 2.05) is 13.8 Å². The van der Waals surface area contributed by atoms with Gasteiger partial charge in [0.1, 0.15) is 0 Å². The molecular weight excluding hydrogens is 308 g/mol. The minimum Gasteiger partial charge on any atom is -0.339 e. The number of ketones is 1. The lowest BCUT2D eigenvalue weighted by molar-refractivity contribution is 0.101. The van der Waals surface area contributed by atoms with Crippen LogP contribution in [-0.2, 0) is 6.42 Å². The SMILES string of the molecule is CC(=O)c1cccc(NC(=O)N(C)CCc2noc(C(C)C)n2)c1. The van der Waals surface area contributed by atoms with Crippen LogP contribution < -0.4 is 5.32 Å². The second kappa shape index (κ2) is 7.72. The van der Waals surface area contributed by atoms with Crippen LogP contribution in [0, 0.1) is 0 Å². The highest BCUT2D eigenvalue weighted by Gasteiger charge is 2.13. The molecule has 1 N–H and O–H groups in total. The molecule has 1 aromatic carbocycles. The number of nitrogens with one attached hydrogen (secondary N) is 1. The van der Waals surface area contributed by atoms with Crippen LogP contribution in [0.3, 0.4) is 0 Å². The zero-order valence-corrected chi connectivity index (χ0v) is 14.4. The van der Waals surface area contributed by atoms with Crippen LogP contribution in [0.25, 0.3) is 0 Å². The lowest BCUT2D eigenvalue weighted by atomic mass is 10.1. The van der Waals surface area contributed by atoms with Gasteiger partial charge in [-0.25, -0.2) is 4.79 Å². The number of hydrogen-bond acceptors (Lipinski definition) is 5. The first-order valence-electron chi connectivity index (χ1n) is 7.82. The van der Waals surface area contributed by atoms with Crippen LogP contribution in [0.1, 0.15) is 48.8 Å². The van der Waals surface area contributed by atoms with Gasteiger partial charge in [-0.05, 0) is 19.1 Å². The third-order valence-electron chi connectivity index (χ3n) is 3.52. The van der Waals surface area contributed by atoms with Gasteiger partial charge in [0.05, 0.1) is 0 Å². The normalized spacial score (nSPS) is 10.7. The van der Waals surface area contributed by atoms with Crippen LogP contribution in [-0.4, -0.2) is 40.4 Å². The Balaban J connectivity index is 1.89. The molecule has 0 saturated carbocycles. The van der Waals surface area contributed by atoms with E-state index in [4.69, 9.17) is 4.52 Å². The molecule has 2 rings (SSSR count). The molecule has 24 heavy (non-hydrogen) atoms. The van der Waals surface area contributed by atoms with Crippen molar-refractivity contribution in [1.29, 1.82) is 0 Å². The number of nitrogens with zero attached hydrogens (tertiary/aromatic N) is 3. The standard InChI is InChI=1S/C17H22N4O3/c1-11(2)16-19-15(20-24-16)8-9-21(4)17(23)18-14-7-5-6-13(10-14)12(3)22/h5-7,10-11H,8-9H2,1-4H3,(H,18,23). The first-order valence-corrected chi connectivity index (χ1v) is 7.82. The van der Waals surface area contributed by atoms with E-state index < -0.39 is 0 Å². The third kappa shape index (κ3) is 4.65. The second-order valence-corrected chi connectivity index (χ2v) is 5.94. The second-order valence-electron chi connectivity index (χ2n) is 5.94. The molecule has 0 aliphatic carbocycles. The van der Waals surface area contributed by atoms with E-state index in [0.29, 0.717) is 35.9 Å². The monoisotopic (exact) mass is 330 g/mol. The van der Waals surface area contributed by atoms with E-state index in [-0.39, 0.29) is 17.7 Å². The zero-order chi connectivity index (χ0) is 17.7. The summed E-state index contributed by atoms with van der Waals surface area (Å²) >= 11 is 0. The number of amides is 2. The Morgan fingerprint density at radius 2 is 2.08 bits per heavy atom. The molecule has 0 fully saturated rings. The number of likely N-dealkylation sites (N-methyl/N-ethyl adjacent to an activating group) is 1. The van der Waals surface area contributed by atoms with Gasteiger partial charge in [-0.2, -0.15) is 4.98 Å². The Bertz CT molecular complexity index is 724. The Labute approximate surface area is 141 Å². The lowest BCUT2D eigenvalue weighted by Gasteiger charge is -2.17. The van der Waals surface area contributed by atoms with Gasteiger partial charge in [-0.3, -0.25) is 4.79 Å². The molecule has 0 atom stereocenters. The number of benzene rings is 1. The number of carbonyl (C=O) groups excluding carboxylic acids is 2. The maximum Gasteiger partial charge on any atom is 0.321 e. The molecule has 7 nitrogen and oxygen atoms in total. The van der Waals surface area contributed by atoms with Gasteiger partial charge < -0.3 is 14.7 Å². The van der Waals surface area contributed by atoms with Crippen molar-refractivity contribution in [3.8, 4) is 0 Å². The predicted molar refractivity (Wildman–Crippen MR) is 90.2 cm³/mol. The van der Waals surface area contributed by atoms with Crippen LogP contribution in [0.2, 0.25) is 0 Å². The number of rotatable bonds is 6. The van der Waals surface area contributed by atoms with Crippen molar-refractivity contribution in [3.63, 3.8) is 0 Å². The molecule has 0 unspecified atom stereocenters. The van der Waals surface area contributed by atoms with Gasteiger partial charge >= 0.3 is 6.03 Å². The lowest BCUT2D eigenvalue weighted by Crippen LogP contribution is -2.33. The Kier molecular flexibility index (Phi) is 5.68. The topological polar surface area (TPSA) is 88.3 Å². The van der Waals surface area contributed by atoms with Gasteiger partial charge in [-0.15, -0.1) is 0 Å².